The van der Waals surface area contributed by atoms with Crippen molar-refractivity contribution in [1.29, 1.82) is 0 Å². The Bertz CT molecular complexity index is 1460. The first-order valence-corrected chi connectivity index (χ1v) is 11.7. The average molecular weight is 529 g/mol. The van der Waals surface area contributed by atoms with Gasteiger partial charge in [-0.1, -0.05) is 60.1 Å². The van der Waals surface area contributed by atoms with E-state index in [-0.39, 0.29) is 18.1 Å². The molecule has 0 aliphatic rings. The summed E-state index contributed by atoms with van der Waals surface area (Å²) in [6, 6.07) is 28.1. The lowest BCUT2D eigenvalue weighted by Gasteiger charge is -2.11. The van der Waals surface area contributed by atoms with E-state index in [4.69, 9.17) is 25.8 Å². The highest BCUT2D eigenvalue weighted by molar-refractivity contribution is 6.32. The lowest BCUT2D eigenvalue weighted by atomic mass is 10.2. The summed E-state index contributed by atoms with van der Waals surface area (Å²) in [4.78, 5) is 37.3. The Balaban J connectivity index is 1.47. The number of amides is 1. The van der Waals surface area contributed by atoms with Crippen molar-refractivity contribution in [1.82, 2.24) is 5.43 Å². The van der Waals surface area contributed by atoms with Gasteiger partial charge in [-0.2, -0.15) is 5.10 Å². The van der Waals surface area contributed by atoms with E-state index in [1.807, 2.05) is 0 Å². The van der Waals surface area contributed by atoms with Crippen molar-refractivity contribution in [2.75, 3.05) is 6.61 Å². The number of nitrogens with one attached hydrogen (secondary N) is 1. The number of nitrogens with zero attached hydrogens (tertiary/aromatic N) is 1. The van der Waals surface area contributed by atoms with Crippen LogP contribution in [0.15, 0.2) is 108 Å². The number of hydrogen-bond donors (Lipinski definition) is 1. The highest BCUT2D eigenvalue weighted by atomic mass is 35.5. The van der Waals surface area contributed by atoms with Gasteiger partial charge in [-0.3, -0.25) is 4.79 Å². The van der Waals surface area contributed by atoms with E-state index in [9.17, 15) is 14.4 Å². The van der Waals surface area contributed by atoms with Crippen molar-refractivity contribution >= 4 is 35.7 Å². The van der Waals surface area contributed by atoms with E-state index in [0.29, 0.717) is 27.5 Å². The van der Waals surface area contributed by atoms with Crippen LogP contribution in [0.5, 0.6) is 17.2 Å². The van der Waals surface area contributed by atoms with Crippen LogP contribution >= 0.6 is 11.6 Å². The Kier molecular flexibility index (Phi) is 8.83. The van der Waals surface area contributed by atoms with Crippen molar-refractivity contribution in [2.24, 2.45) is 5.10 Å². The van der Waals surface area contributed by atoms with E-state index in [0.717, 1.165) is 0 Å². The maximum absolute atomic E-state index is 12.7. The second kappa shape index (κ2) is 12.8. The maximum atomic E-state index is 12.7. The molecule has 0 spiro atoms. The second-order valence-corrected chi connectivity index (χ2v) is 8.13. The van der Waals surface area contributed by atoms with Gasteiger partial charge in [-0.15, -0.1) is 0 Å². The summed E-state index contributed by atoms with van der Waals surface area (Å²) in [5, 5.41) is 4.30. The Hall–Kier alpha value is -4.95. The molecule has 0 saturated carbocycles. The summed E-state index contributed by atoms with van der Waals surface area (Å²) < 4.78 is 16.4. The fourth-order valence-corrected chi connectivity index (χ4v) is 3.35. The molecule has 0 radical (unpaired) electrons. The van der Waals surface area contributed by atoms with E-state index in [1.54, 1.807) is 84.9 Å². The number of esters is 2. The molecule has 4 aromatic carbocycles. The maximum Gasteiger partial charge on any atom is 0.343 e. The third-order valence-electron chi connectivity index (χ3n) is 5.01. The number of carbonyl (C=O) groups excluding carboxylic acids is 3. The molecule has 0 aliphatic heterocycles. The lowest BCUT2D eigenvalue weighted by Crippen LogP contribution is -2.24. The number of hydrogen-bond acceptors (Lipinski definition) is 7. The zero-order chi connectivity index (χ0) is 26.7. The van der Waals surface area contributed by atoms with Crippen LogP contribution in [0.25, 0.3) is 0 Å². The number of carbonyl (C=O) groups is 3. The largest absolute Gasteiger partial charge is 0.482 e. The third-order valence-corrected chi connectivity index (χ3v) is 5.32. The van der Waals surface area contributed by atoms with Crippen molar-refractivity contribution in [2.45, 2.75) is 0 Å². The zero-order valence-corrected chi connectivity index (χ0v) is 20.6. The third kappa shape index (κ3) is 7.28. The van der Waals surface area contributed by atoms with Gasteiger partial charge in [0.2, 0.25) is 0 Å². The fraction of sp³-hybridized carbons (Fsp3) is 0.0345. The van der Waals surface area contributed by atoms with Crippen LogP contribution in [-0.2, 0) is 4.79 Å². The molecule has 0 fully saturated rings. The SMILES string of the molecule is O=C(COc1ccccc1Cl)N/N=C\c1ccc(OC(=O)c2ccccc2)cc1OC(=O)c1ccccc1. The van der Waals surface area contributed by atoms with Gasteiger partial charge in [-0.05, 0) is 48.5 Å². The minimum absolute atomic E-state index is 0.0718. The first kappa shape index (κ1) is 26.1. The zero-order valence-electron chi connectivity index (χ0n) is 19.9. The molecule has 0 heterocycles. The minimum atomic E-state index is -0.621. The summed E-state index contributed by atoms with van der Waals surface area (Å²) in [7, 11) is 0. The standard InChI is InChI=1S/C29H21ClN2O6/c30-24-13-7-8-14-25(24)36-19-27(33)32-31-18-22-15-16-23(37-28(34)20-9-3-1-4-10-20)17-26(22)38-29(35)21-11-5-2-6-12-21/h1-18H,19H2,(H,32,33)/b31-18-. The summed E-state index contributed by atoms with van der Waals surface area (Å²) in [6.07, 6.45) is 1.30. The number of ether oxygens (including phenoxy) is 3. The van der Waals surface area contributed by atoms with E-state index >= 15 is 0 Å². The van der Waals surface area contributed by atoms with Gasteiger partial charge >= 0.3 is 11.9 Å². The molecule has 4 aromatic rings. The first-order valence-electron chi connectivity index (χ1n) is 11.4. The van der Waals surface area contributed by atoms with Gasteiger partial charge in [0.05, 0.1) is 22.4 Å². The number of halogens is 1. The molecule has 0 aromatic heterocycles. The Morgan fingerprint density at radius 3 is 2.00 bits per heavy atom. The Morgan fingerprint density at radius 2 is 1.34 bits per heavy atom. The molecular weight excluding hydrogens is 508 g/mol. The predicted octanol–water partition coefficient (Wildman–Crippen LogP) is 5.31. The molecule has 4 rings (SSSR count). The monoisotopic (exact) mass is 528 g/mol. The quantitative estimate of drug-likeness (QED) is 0.137. The molecule has 0 atom stereocenters. The second-order valence-electron chi connectivity index (χ2n) is 7.72. The van der Waals surface area contributed by atoms with Gasteiger partial charge in [-0.25, -0.2) is 15.0 Å². The van der Waals surface area contributed by atoms with Crippen LogP contribution in [-0.4, -0.2) is 30.7 Å². The molecule has 0 unspecified atom stereocenters. The van der Waals surface area contributed by atoms with Crippen LogP contribution in [0.3, 0.4) is 0 Å². The van der Waals surface area contributed by atoms with E-state index in [2.05, 4.69) is 10.5 Å². The summed E-state index contributed by atoms with van der Waals surface area (Å²) in [5.41, 5.74) is 3.38. The molecule has 1 amide bonds. The predicted molar refractivity (Wildman–Crippen MR) is 142 cm³/mol. The molecule has 190 valence electrons. The first-order chi connectivity index (χ1) is 18.5. The van der Waals surface area contributed by atoms with E-state index < -0.39 is 17.8 Å². The van der Waals surface area contributed by atoms with Gasteiger partial charge < -0.3 is 14.2 Å². The molecule has 0 bridgehead atoms. The minimum Gasteiger partial charge on any atom is -0.482 e. The summed E-state index contributed by atoms with van der Waals surface area (Å²) >= 11 is 6.02. The van der Waals surface area contributed by atoms with Gasteiger partial charge in [0.15, 0.2) is 6.61 Å². The topological polar surface area (TPSA) is 103 Å². The van der Waals surface area contributed by atoms with Gasteiger partial charge in [0, 0.05) is 11.6 Å². The van der Waals surface area contributed by atoms with Crippen LogP contribution in [0.4, 0.5) is 0 Å². The highest BCUT2D eigenvalue weighted by Gasteiger charge is 2.15. The van der Waals surface area contributed by atoms with E-state index in [1.165, 1.54) is 24.4 Å². The number of hydrazone groups is 1. The molecule has 0 aliphatic carbocycles. The van der Waals surface area contributed by atoms with Gasteiger partial charge in [0.25, 0.3) is 5.91 Å². The highest BCUT2D eigenvalue weighted by Crippen LogP contribution is 2.26. The van der Waals surface area contributed by atoms with Crippen LogP contribution < -0.4 is 19.6 Å². The molecule has 0 saturated heterocycles. The van der Waals surface area contributed by atoms with Crippen molar-refractivity contribution in [3.8, 4) is 17.2 Å². The smallest absolute Gasteiger partial charge is 0.343 e. The van der Waals surface area contributed by atoms with Crippen molar-refractivity contribution < 1.29 is 28.6 Å². The molecular formula is C29H21ClN2O6. The number of benzene rings is 4. The summed E-state index contributed by atoms with van der Waals surface area (Å²) in [6.45, 7) is -0.314. The van der Waals surface area contributed by atoms with Crippen molar-refractivity contribution in [3.05, 3.63) is 125 Å². The van der Waals surface area contributed by atoms with Crippen LogP contribution in [0.2, 0.25) is 5.02 Å². The molecule has 8 nitrogen and oxygen atoms in total. The fourth-order valence-electron chi connectivity index (χ4n) is 3.16. The Morgan fingerprint density at radius 1 is 0.737 bits per heavy atom. The average Bonchev–Trinajstić information content (AvgIpc) is 2.94. The van der Waals surface area contributed by atoms with Crippen LogP contribution in [0, 0.1) is 0 Å². The Labute approximate surface area is 223 Å². The normalized spacial score (nSPS) is 10.6. The summed E-state index contributed by atoms with van der Waals surface area (Å²) in [5.74, 6) is -1.13. The van der Waals surface area contributed by atoms with Crippen molar-refractivity contribution in [3.63, 3.8) is 0 Å². The lowest BCUT2D eigenvalue weighted by molar-refractivity contribution is -0.123. The number of para-hydroxylation sites is 1. The molecule has 38 heavy (non-hydrogen) atoms. The van der Waals surface area contributed by atoms with Crippen LogP contribution in [0.1, 0.15) is 26.3 Å². The molecule has 9 heteroatoms. The molecule has 1 N–H and O–H groups in total. The number of rotatable bonds is 9. The van der Waals surface area contributed by atoms with Gasteiger partial charge in [0.1, 0.15) is 17.2 Å².